The molecule has 3 aromatic rings. The normalized spacial score (nSPS) is 32.7. The minimum atomic E-state index is -2.12. The van der Waals surface area contributed by atoms with E-state index in [1.807, 2.05) is 0 Å². The number of aliphatic hydroxyl groups is 1. The monoisotopic (exact) mass is 684 g/mol. The van der Waals surface area contributed by atoms with Crippen molar-refractivity contribution in [3.8, 4) is 0 Å². The van der Waals surface area contributed by atoms with Crippen LogP contribution in [0.1, 0.15) is 78.5 Å². The average Bonchev–Trinajstić information content (AvgIpc) is 3.84. The lowest BCUT2D eigenvalue weighted by Gasteiger charge is -2.65. The molecular formula is C34H36O15. The Labute approximate surface area is 279 Å². The smallest absolute Gasteiger partial charge is 0.341 e. The van der Waals surface area contributed by atoms with Crippen LogP contribution in [0, 0.1) is 11.3 Å². The van der Waals surface area contributed by atoms with E-state index in [2.05, 4.69) is 0 Å². The van der Waals surface area contributed by atoms with Gasteiger partial charge in [0.05, 0.1) is 46.7 Å². The molecule has 6 rings (SSSR count). The molecule has 4 heterocycles. The summed E-state index contributed by atoms with van der Waals surface area (Å²) >= 11 is 0. The van der Waals surface area contributed by atoms with Crippen molar-refractivity contribution in [2.75, 3.05) is 6.61 Å². The predicted octanol–water partition coefficient (Wildman–Crippen LogP) is 3.65. The number of hydrogen-bond acceptors (Lipinski definition) is 15. The first-order valence-corrected chi connectivity index (χ1v) is 15.6. The Morgan fingerprint density at radius 3 is 1.78 bits per heavy atom. The van der Waals surface area contributed by atoms with E-state index in [4.69, 9.17) is 41.7 Å². The molecule has 0 unspecified atom stereocenters. The Hall–Kier alpha value is -4.89. The Balaban J connectivity index is 1.62. The van der Waals surface area contributed by atoms with Crippen LogP contribution in [-0.2, 0) is 38.0 Å². The molecule has 0 aromatic carbocycles. The molecule has 1 N–H and O–H groups in total. The van der Waals surface area contributed by atoms with Crippen LogP contribution < -0.4 is 0 Å². The van der Waals surface area contributed by atoms with E-state index in [1.54, 1.807) is 13.8 Å². The maximum atomic E-state index is 13.8. The number of carbonyl (C=O) groups excluding carboxylic acids is 5. The molecule has 2 saturated carbocycles. The van der Waals surface area contributed by atoms with Crippen molar-refractivity contribution in [2.45, 2.75) is 88.7 Å². The summed E-state index contributed by atoms with van der Waals surface area (Å²) in [5.74, 6) is -4.94. The molecule has 3 aromatic heterocycles. The fourth-order valence-corrected chi connectivity index (χ4v) is 7.95. The first-order valence-electron chi connectivity index (χ1n) is 15.6. The number of furan rings is 3. The molecule has 0 radical (unpaired) electrons. The van der Waals surface area contributed by atoms with Crippen molar-refractivity contribution in [1.29, 1.82) is 0 Å². The Morgan fingerprint density at radius 2 is 1.29 bits per heavy atom. The molecule has 3 aliphatic rings. The Kier molecular flexibility index (Phi) is 8.47. The van der Waals surface area contributed by atoms with Gasteiger partial charge in [-0.3, -0.25) is 9.59 Å². The van der Waals surface area contributed by atoms with Gasteiger partial charge in [0.1, 0.15) is 49.1 Å². The van der Waals surface area contributed by atoms with E-state index < -0.39 is 95.4 Å². The molecule has 15 nitrogen and oxygen atoms in total. The highest BCUT2D eigenvalue weighted by atomic mass is 16.6. The zero-order chi connectivity index (χ0) is 35.4. The SMILES string of the molecule is CC(=O)OC[C@]12[C@@H](OC(=O)c3ccoc3)C[C@@H]3[C@@H](OC(C)=O)[C@]1(OC3(C)C)[C@@](C)(O)C[C@H](OC(=O)c1ccoc1)[C@@H]2OC(=O)c1ccoc1. The molecule has 1 spiro atoms. The van der Waals surface area contributed by atoms with Crippen molar-refractivity contribution in [3.05, 3.63) is 72.5 Å². The van der Waals surface area contributed by atoms with Gasteiger partial charge in [0.25, 0.3) is 0 Å². The zero-order valence-corrected chi connectivity index (χ0v) is 27.4. The first kappa shape index (κ1) is 34.0. The molecule has 2 bridgehead atoms. The second-order valence-electron chi connectivity index (χ2n) is 13.3. The summed E-state index contributed by atoms with van der Waals surface area (Å²) < 4.78 is 52.1. The highest BCUT2D eigenvalue weighted by Gasteiger charge is 2.86. The maximum absolute atomic E-state index is 13.8. The van der Waals surface area contributed by atoms with Crippen LogP contribution in [-0.4, -0.2) is 82.8 Å². The van der Waals surface area contributed by atoms with Crippen molar-refractivity contribution in [2.24, 2.45) is 11.3 Å². The Bertz CT molecular complexity index is 1700. The first-order chi connectivity index (χ1) is 23.1. The molecular weight excluding hydrogens is 648 g/mol. The minimum Gasteiger partial charge on any atom is -0.472 e. The van der Waals surface area contributed by atoms with Crippen LogP contribution >= 0.6 is 0 Å². The molecule has 1 saturated heterocycles. The van der Waals surface area contributed by atoms with E-state index in [0.717, 1.165) is 19.5 Å². The lowest BCUT2D eigenvalue weighted by molar-refractivity contribution is -0.353. The van der Waals surface area contributed by atoms with Crippen molar-refractivity contribution < 1.29 is 70.8 Å². The number of carbonyl (C=O) groups is 5. The van der Waals surface area contributed by atoms with Gasteiger partial charge in [-0.25, -0.2) is 14.4 Å². The summed E-state index contributed by atoms with van der Waals surface area (Å²) in [4.78, 5) is 66.3. The number of fused-ring (bicyclic) bond motifs is 1. The third-order valence-electron chi connectivity index (χ3n) is 9.88. The maximum Gasteiger partial charge on any atom is 0.341 e. The summed E-state index contributed by atoms with van der Waals surface area (Å²) in [6.45, 7) is 6.42. The van der Waals surface area contributed by atoms with Gasteiger partial charge in [-0.1, -0.05) is 0 Å². The Morgan fingerprint density at radius 1 is 0.755 bits per heavy atom. The average molecular weight is 685 g/mol. The minimum absolute atomic E-state index is 0.0107. The van der Waals surface area contributed by atoms with Crippen LogP contribution in [0.15, 0.2) is 69.0 Å². The van der Waals surface area contributed by atoms with Crippen LogP contribution in [0.2, 0.25) is 0 Å². The van der Waals surface area contributed by atoms with Gasteiger partial charge in [-0.05, 0) is 45.4 Å². The third-order valence-corrected chi connectivity index (χ3v) is 9.88. The van der Waals surface area contributed by atoms with E-state index in [9.17, 15) is 29.1 Å². The van der Waals surface area contributed by atoms with Gasteiger partial charge in [0, 0.05) is 26.2 Å². The van der Waals surface area contributed by atoms with E-state index in [0.29, 0.717) is 0 Å². The van der Waals surface area contributed by atoms with E-state index in [1.165, 1.54) is 57.1 Å². The summed E-state index contributed by atoms with van der Waals surface area (Å²) in [5, 5.41) is 12.7. The topological polar surface area (TPSA) is 200 Å². The van der Waals surface area contributed by atoms with Gasteiger partial charge in [0.2, 0.25) is 0 Å². The molecule has 3 fully saturated rings. The van der Waals surface area contributed by atoms with Gasteiger partial charge >= 0.3 is 29.8 Å². The quantitative estimate of drug-likeness (QED) is 0.253. The van der Waals surface area contributed by atoms with E-state index in [-0.39, 0.29) is 23.1 Å². The second kappa shape index (κ2) is 12.2. The van der Waals surface area contributed by atoms with Gasteiger partial charge in [-0.15, -0.1) is 0 Å². The number of ether oxygens (including phenoxy) is 6. The van der Waals surface area contributed by atoms with Crippen LogP contribution in [0.25, 0.3) is 0 Å². The zero-order valence-electron chi connectivity index (χ0n) is 27.4. The van der Waals surface area contributed by atoms with Gasteiger partial charge in [-0.2, -0.15) is 0 Å². The summed E-state index contributed by atoms with van der Waals surface area (Å²) in [6, 6.07) is 4.07. The van der Waals surface area contributed by atoms with E-state index >= 15 is 0 Å². The number of hydrogen-bond donors (Lipinski definition) is 1. The largest absolute Gasteiger partial charge is 0.472 e. The summed E-state index contributed by atoms with van der Waals surface area (Å²) in [5.41, 5.74) is -7.50. The molecule has 49 heavy (non-hydrogen) atoms. The van der Waals surface area contributed by atoms with Crippen LogP contribution in [0.4, 0.5) is 0 Å². The van der Waals surface area contributed by atoms with Crippen LogP contribution in [0.3, 0.4) is 0 Å². The standard InChI is InChI=1S/C34H36O15/c1-18(35)44-17-33-25(47-29(38)21-7-10-42-15-21)12-23-26(45-19(2)36)34(33,49-31(23,3)4)32(5,40)13-24(46-28(37)20-6-9-41-14-20)27(33)48-30(39)22-8-11-43-16-22/h6-11,14-16,23-27,40H,12-13,17H2,1-5H3/t23-,24+,25+,26-,27+,32+,33-,34+/m1/s1. The van der Waals surface area contributed by atoms with Crippen molar-refractivity contribution in [1.82, 2.24) is 0 Å². The second-order valence-corrected chi connectivity index (χ2v) is 13.3. The third kappa shape index (κ3) is 5.50. The lowest BCUT2D eigenvalue weighted by Crippen LogP contribution is -2.83. The van der Waals surface area contributed by atoms with Gasteiger partial charge in [0.15, 0.2) is 11.7 Å². The lowest BCUT2D eigenvalue weighted by atomic mass is 9.46. The van der Waals surface area contributed by atoms with Crippen molar-refractivity contribution in [3.63, 3.8) is 0 Å². The highest BCUT2D eigenvalue weighted by molar-refractivity contribution is 5.90. The highest BCUT2D eigenvalue weighted by Crippen LogP contribution is 2.69. The molecule has 0 amide bonds. The fraction of sp³-hybridized carbons (Fsp3) is 0.500. The van der Waals surface area contributed by atoms with Crippen LogP contribution in [0.5, 0.6) is 0 Å². The van der Waals surface area contributed by atoms with Crippen molar-refractivity contribution >= 4 is 29.8 Å². The summed E-state index contributed by atoms with van der Waals surface area (Å²) in [7, 11) is 0. The number of esters is 5. The number of rotatable bonds is 9. The molecule has 262 valence electrons. The molecule has 2 aliphatic carbocycles. The van der Waals surface area contributed by atoms with Gasteiger partial charge < -0.3 is 46.8 Å². The molecule has 15 heteroatoms. The predicted molar refractivity (Wildman–Crippen MR) is 160 cm³/mol. The fourth-order valence-electron chi connectivity index (χ4n) is 7.95. The molecule has 1 aliphatic heterocycles. The molecule has 8 atom stereocenters. The summed E-state index contributed by atoms with van der Waals surface area (Å²) in [6.07, 6.45) is 0.838.